The van der Waals surface area contributed by atoms with E-state index in [-0.39, 0.29) is 0 Å². The first kappa shape index (κ1) is 14.1. The molecule has 2 heterocycles. The molecule has 3 aromatic rings. The summed E-state index contributed by atoms with van der Waals surface area (Å²) in [6, 6.07) is 10.3. The fraction of sp³-hybridized carbons (Fsp3) is 0.250. The molecule has 108 valence electrons. The number of aryl methyl sites for hydroxylation is 3. The second-order valence-electron chi connectivity index (χ2n) is 5.16. The quantitative estimate of drug-likeness (QED) is 0.731. The number of hydrogen-bond donors (Lipinski definition) is 1. The van der Waals surface area contributed by atoms with E-state index in [1.165, 1.54) is 11.1 Å². The Bertz CT molecular complexity index is 807. The second kappa shape index (κ2) is 5.48. The highest BCUT2D eigenvalue weighted by atomic mass is 79.9. The zero-order valence-corrected chi connectivity index (χ0v) is 13.9. The first-order valence-electron chi connectivity index (χ1n) is 6.84. The summed E-state index contributed by atoms with van der Waals surface area (Å²) in [6.45, 7) is 4.85. The molecule has 0 radical (unpaired) electrons. The molecule has 0 aliphatic carbocycles. The zero-order valence-electron chi connectivity index (χ0n) is 12.3. The summed E-state index contributed by atoms with van der Waals surface area (Å²) in [4.78, 5) is 9.14. The van der Waals surface area contributed by atoms with E-state index in [1.54, 1.807) is 0 Å². The molecule has 5 heteroatoms. The highest BCUT2D eigenvalue weighted by Gasteiger charge is 2.12. The fourth-order valence-corrected chi connectivity index (χ4v) is 2.78. The first-order valence-corrected chi connectivity index (χ1v) is 7.63. The van der Waals surface area contributed by atoms with E-state index < -0.39 is 0 Å². The van der Waals surface area contributed by atoms with Gasteiger partial charge in [-0.15, -0.1) is 0 Å². The van der Waals surface area contributed by atoms with Crippen molar-refractivity contribution in [2.45, 2.75) is 20.4 Å². The van der Waals surface area contributed by atoms with Gasteiger partial charge in [0, 0.05) is 13.6 Å². The van der Waals surface area contributed by atoms with Crippen LogP contribution in [0.2, 0.25) is 0 Å². The Morgan fingerprint density at radius 2 is 1.95 bits per heavy atom. The van der Waals surface area contributed by atoms with E-state index in [9.17, 15) is 0 Å². The molecule has 0 spiro atoms. The van der Waals surface area contributed by atoms with Crippen molar-refractivity contribution < 1.29 is 0 Å². The van der Waals surface area contributed by atoms with Crippen molar-refractivity contribution in [2.75, 3.05) is 5.32 Å². The Kier molecular flexibility index (Phi) is 3.68. The summed E-state index contributed by atoms with van der Waals surface area (Å²) < 4.78 is 2.88. The third kappa shape index (κ3) is 2.65. The third-order valence-electron chi connectivity index (χ3n) is 3.77. The van der Waals surface area contributed by atoms with Gasteiger partial charge in [-0.25, -0.2) is 9.97 Å². The lowest BCUT2D eigenvalue weighted by Gasteiger charge is -2.09. The number of hydrogen-bond acceptors (Lipinski definition) is 3. The Labute approximate surface area is 132 Å². The molecule has 0 fully saturated rings. The molecule has 0 saturated heterocycles. The molecule has 0 bridgehead atoms. The number of benzene rings is 1. The van der Waals surface area contributed by atoms with Crippen LogP contribution in [0.15, 0.2) is 34.9 Å². The van der Waals surface area contributed by atoms with E-state index in [0.29, 0.717) is 0 Å². The summed E-state index contributed by atoms with van der Waals surface area (Å²) in [6.07, 6.45) is 0. The SMILES string of the molecule is Cc1ccccc1CNc1nc(Br)cc2c1nc(C)n2C. The van der Waals surface area contributed by atoms with Crippen molar-refractivity contribution in [3.05, 3.63) is 51.9 Å². The van der Waals surface area contributed by atoms with Crippen molar-refractivity contribution in [2.24, 2.45) is 7.05 Å². The Hall–Kier alpha value is -1.88. The van der Waals surface area contributed by atoms with Gasteiger partial charge >= 0.3 is 0 Å². The van der Waals surface area contributed by atoms with Crippen LogP contribution in [-0.2, 0) is 13.6 Å². The van der Waals surface area contributed by atoms with Gasteiger partial charge in [-0.1, -0.05) is 24.3 Å². The van der Waals surface area contributed by atoms with Gasteiger partial charge in [-0.2, -0.15) is 0 Å². The number of rotatable bonds is 3. The predicted octanol–water partition coefficient (Wildman–Crippen LogP) is 3.96. The van der Waals surface area contributed by atoms with E-state index in [0.717, 1.165) is 33.8 Å². The van der Waals surface area contributed by atoms with Gasteiger partial charge in [0.1, 0.15) is 15.9 Å². The molecule has 0 aliphatic heterocycles. The number of imidazole rings is 1. The zero-order chi connectivity index (χ0) is 15.0. The van der Waals surface area contributed by atoms with Crippen molar-refractivity contribution in [1.82, 2.24) is 14.5 Å². The molecule has 0 saturated carbocycles. The molecule has 2 aromatic heterocycles. The van der Waals surface area contributed by atoms with Crippen molar-refractivity contribution in [1.29, 1.82) is 0 Å². The van der Waals surface area contributed by atoms with Crippen LogP contribution in [0.25, 0.3) is 11.0 Å². The Morgan fingerprint density at radius 1 is 1.19 bits per heavy atom. The van der Waals surface area contributed by atoms with Crippen LogP contribution in [0.1, 0.15) is 17.0 Å². The largest absolute Gasteiger partial charge is 0.364 e. The maximum atomic E-state index is 4.61. The molecule has 1 aromatic carbocycles. The average molecular weight is 345 g/mol. The van der Waals surface area contributed by atoms with E-state index >= 15 is 0 Å². The second-order valence-corrected chi connectivity index (χ2v) is 5.97. The normalized spacial score (nSPS) is 11.0. The van der Waals surface area contributed by atoms with Crippen molar-refractivity contribution in [3.63, 3.8) is 0 Å². The van der Waals surface area contributed by atoms with Gasteiger partial charge in [-0.05, 0) is 47.0 Å². The van der Waals surface area contributed by atoms with Crippen molar-refractivity contribution in [3.8, 4) is 0 Å². The summed E-state index contributed by atoms with van der Waals surface area (Å²) in [7, 11) is 2.02. The molecular weight excluding hydrogens is 328 g/mol. The summed E-state index contributed by atoms with van der Waals surface area (Å²) in [5.41, 5.74) is 4.52. The van der Waals surface area contributed by atoms with Crippen LogP contribution in [0.5, 0.6) is 0 Å². The van der Waals surface area contributed by atoms with Crippen LogP contribution in [-0.4, -0.2) is 14.5 Å². The smallest absolute Gasteiger partial charge is 0.155 e. The average Bonchev–Trinajstić information content (AvgIpc) is 2.74. The van der Waals surface area contributed by atoms with Crippen LogP contribution in [0.4, 0.5) is 5.82 Å². The van der Waals surface area contributed by atoms with Crippen LogP contribution >= 0.6 is 15.9 Å². The number of anilines is 1. The highest BCUT2D eigenvalue weighted by Crippen LogP contribution is 2.25. The number of halogens is 1. The number of aromatic nitrogens is 3. The van der Waals surface area contributed by atoms with Crippen LogP contribution in [0.3, 0.4) is 0 Å². The molecule has 3 rings (SSSR count). The summed E-state index contributed by atoms with van der Waals surface area (Å²) in [5, 5.41) is 3.41. The molecule has 0 atom stereocenters. The summed E-state index contributed by atoms with van der Waals surface area (Å²) in [5.74, 6) is 1.79. The topological polar surface area (TPSA) is 42.7 Å². The summed E-state index contributed by atoms with van der Waals surface area (Å²) >= 11 is 3.48. The van der Waals surface area contributed by atoms with Gasteiger partial charge in [0.15, 0.2) is 5.82 Å². The number of nitrogens with zero attached hydrogens (tertiary/aromatic N) is 3. The van der Waals surface area contributed by atoms with Gasteiger partial charge in [0.05, 0.1) is 5.52 Å². The standard InChI is InChI=1S/C16H17BrN4/c1-10-6-4-5-7-12(10)9-18-16-15-13(8-14(17)20-16)21(3)11(2)19-15/h4-8H,9H2,1-3H3,(H,18,20). The molecule has 1 N–H and O–H groups in total. The van der Waals surface area contributed by atoms with E-state index in [1.807, 2.05) is 20.0 Å². The van der Waals surface area contributed by atoms with Gasteiger partial charge < -0.3 is 9.88 Å². The van der Waals surface area contributed by atoms with Crippen LogP contribution in [0, 0.1) is 13.8 Å². The fourth-order valence-electron chi connectivity index (χ4n) is 2.38. The lowest BCUT2D eigenvalue weighted by Crippen LogP contribution is -2.04. The Morgan fingerprint density at radius 3 is 2.71 bits per heavy atom. The highest BCUT2D eigenvalue weighted by molar-refractivity contribution is 9.10. The minimum atomic E-state index is 0.737. The first-order chi connectivity index (χ1) is 10.1. The minimum absolute atomic E-state index is 0.737. The number of fused-ring (bicyclic) bond motifs is 1. The van der Waals surface area contributed by atoms with Crippen LogP contribution < -0.4 is 5.32 Å². The van der Waals surface area contributed by atoms with E-state index in [4.69, 9.17) is 0 Å². The van der Waals surface area contributed by atoms with Gasteiger partial charge in [-0.3, -0.25) is 0 Å². The number of nitrogens with one attached hydrogen (secondary N) is 1. The lowest BCUT2D eigenvalue weighted by molar-refractivity contribution is 0.885. The maximum Gasteiger partial charge on any atom is 0.155 e. The van der Waals surface area contributed by atoms with Gasteiger partial charge in [0.2, 0.25) is 0 Å². The van der Waals surface area contributed by atoms with E-state index in [2.05, 4.69) is 67.0 Å². The lowest BCUT2D eigenvalue weighted by atomic mass is 10.1. The molecule has 4 nitrogen and oxygen atoms in total. The third-order valence-corrected chi connectivity index (χ3v) is 4.18. The molecule has 0 amide bonds. The molecule has 0 aliphatic rings. The molecular formula is C16H17BrN4. The molecule has 21 heavy (non-hydrogen) atoms. The Balaban J connectivity index is 1.97. The molecule has 0 unspecified atom stereocenters. The minimum Gasteiger partial charge on any atom is -0.364 e. The predicted molar refractivity (Wildman–Crippen MR) is 89.5 cm³/mol. The number of pyridine rings is 1. The monoisotopic (exact) mass is 344 g/mol. The maximum absolute atomic E-state index is 4.61. The van der Waals surface area contributed by atoms with Crippen molar-refractivity contribution >= 4 is 32.8 Å². The van der Waals surface area contributed by atoms with Gasteiger partial charge in [0.25, 0.3) is 0 Å².